The maximum Gasteiger partial charge on any atom is 0.191 e. The van der Waals surface area contributed by atoms with E-state index in [1.807, 2.05) is 36.5 Å². The van der Waals surface area contributed by atoms with E-state index < -0.39 is 0 Å². The molecule has 33 heavy (non-hydrogen) atoms. The Bertz CT molecular complexity index is 1000. The van der Waals surface area contributed by atoms with E-state index in [2.05, 4.69) is 49.5 Å². The maximum atomic E-state index is 9.46. The Morgan fingerprint density at radius 2 is 2.12 bits per heavy atom. The minimum Gasteiger partial charge on any atom is -0.375 e. The predicted molar refractivity (Wildman–Crippen MR) is 132 cm³/mol. The van der Waals surface area contributed by atoms with Crippen LogP contribution in [0, 0.1) is 11.3 Å². The van der Waals surface area contributed by atoms with Crippen LogP contribution in [-0.4, -0.2) is 62.9 Å². The molecule has 8 heteroatoms. The molecule has 0 saturated carbocycles. The number of nitrogens with one attached hydrogen (secondary N) is 2. The molecule has 2 N–H and O–H groups in total. The van der Waals surface area contributed by atoms with Crippen LogP contribution in [0.2, 0.25) is 0 Å². The summed E-state index contributed by atoms with van der Waals surface area (Å²) in [6.07, 6.45) is 4.23. The average Bonchev–Trinajstić information content (AvgIpc) is 2.87. The number of rotatable bonds is 5. The van der Waals surface area contributed by atoms with E-state index in [-0.39, 0.29) is 12.1 Å². The SMILES string of the molecule is CN=C(NCc1ccnc(N2CCOC(C)C2)c1)NC1CCCN(c2ccccc2C#N)C1. The fraction of sp³-hybridized carbons (Fsp3) is 0.480. The van der Waals surface area contributed by atoms with Gasteiger partial charge in [-0.2, -0.15) is 5.26 Å². The number of nitrogens with zero attached hydrogens (tertiary/aromatic N) is 5. The number of para-hydroxylation sites is 1. The summed E-state index contributed by atoms with van der Waals surface area (Å²) in [6, 6.07) is 14.6. The van der Waals surface area contributed by atoms with E-state index in [9.17, 15) is 5.26 Å². The van der Waals surface area contributed by atoms with Crippen molar-refractivity contribution >= 4 is 17.5 Å². The average molecular weight is 448 g/mol. The van der Waals surface area contributed by atoms with E-state index in [1.165, 1.54) is 0 Å². The second-order valence-electron chi connectivity index (χ2n) is 8.63. The zero-order valence-corrected chi connectivity index (χ0v) is 19.5. The minimum absolute atomic E-state index is 0.223. The first-order valence-electron chi connectivity index (χ1n) is 11.7. The maximum absolute atomic E-state index is 9.46. The number of nitriles is 1. The number of piperidine rings is 1. The van der Waals surface area contributed by atoms with Gasteiger partial charge in [0.2, 0.25) is 0 Å². The van der Waals surface area contributed by atoms with Crippen molar-refractivity contribution in [3.8, 4) is 6.07 Å². The summed E-state index contributed by atoms with van der Waals surface area (Å²) < 4.78 is 5.65. The van der Waals surface area contributed by atoms with E-state index in [0.717, 1.165) is 74.2 Å². The van der Waals surface area contributed by atoms with Gasteiger partial charge in [-0.15, -0.1) is 0 Å². The molecule has 8 nitrogen and oxygen atoms in total. The zero-order chi connectivity index (χ0) is 23.0. The molecule has 3 heterocycles. The van der Waals surface area contributed by atoms with Gasteiger partial charge in [0.25, 0.3) is 0 Å². The van der Waals surface area contributed by atoms with Crippen molar-refractivity contribution in [3.05, 3.63) is 53.7 Å². The number of benzene rings is 1. The second-order valence-corrected chi connectivity index (χ2v) is 8.63. The number of anilines is 2. The Labute approximate surface area is 196 Å². The summed E-state index contributed by atoms with van der Waals surface area (Å²) in [5.74, 6) is 1.78. The summed E-state index contributed by atoms with van der Waals surface area (Å²) in [6.45, 7) is 7.03. The molecule has 2 saturated heterocycles. The second kappa shape index (κ2) is 11.0. The first-order valence-corrected chi connectivity index (χ1v) is 11.7. The van der Waals surface area contributed by atoms with E-state index in [0.29, 0.717) is 6.54 Å². The molecule has 0 amide bonds. The highest BCUT2D eigenvalue weighted by molar-refractivity contribution is 5.80. The fourth-order valence-corrected chi connectivity index (χ4v) is 4.50. The summed E-state index contributed by atoms with van der Waals surface area (Å²) >= 11 is 0. The van der Waals surface area contributed by atoms with Crippen molar-refractivity contribution in [1.82, 2.24) is 15.6 Å². The number of hydrogen-bond donors (Lipinski definition) is 2. The molecule has 2 fully saturated rings. The smallest absolute Gasteiger partial charge is 0.191 e. The van der Waals surface area contributed by atoms with Gasteiger partial charge in [0.05, 0.1) is 24.0 Å². The normalized spacial score (nSPS) is 21.4. The summed E-state index contributed by atoms with van der Waals surface area (Å²) in [7, 11) is 1.80. The van der Waals surface area contributed by atoms with Gasteiger partial charge in [-0.05, 0) is 49.6 Å². The molecule has 174 valence electrons. The van der Waals surface area contributed by atoms with Gasteiger partial charge in [0.1, 0.15) is 11.9 Å². The van der Waals surface area contributed by atoms with Crippen molar-refractivity contribution in [1.29, 1.82) is 5.26 Å². The number of aliphatic imine (C=N–C) groups is 1. The lowest BCUT2D eigenvalue weighted by atomic mass is 10.0. The van der Waals surface area contributed by atoms with Crippen LogP contribution < -0.4 is 20.4 Å². The molecule has 1 aromatic heterocycles. The third-order valence-corrected chi connectivity index (χ3v) is 6.19. The van der Waals surface area contributed by atoms with Gasteiger partial charge in [-0.1, -0.05) is 12.1 Å². The number of ether oxygens (including phenoxy) is 1. The molecule has 1 aromatic carbocycles. The van der Waals surface area contributed by atoms with Gasteiger partial charge >= 0.3 is 0 Å². The number of morpholine rings is 1. The van der Waals surface area contributed by atoms with Crippen LogP contribution in [0.4, 0.5) is 11.5 Å². The minimum atomic E-state index is 0.223. The Hall–Kier alpha value is -3.31. The molecular weight excluding hydrogens is 414 g/mol. The lowest BCUT2D eigenvalue weighted by Gasteiger charge is -2.35. The van der Waals surface area contributed by atoms with E-state index >= 15 is 0 Å². The lowest BCUT2D eigenvalue weighted by Crippen LogP contribution is -2.51. The molecule has 2 unspecified atom stereocenters. The van der Waals surface area contributed by atoms with Crippen molar-refractivity contribution in [3.63, 3.8) is 0 Å². The topological polar surface area (TPSA) is 88.8 Å². The highest BCUT2D eigenvalue weighted by atomic mass is 16.5. The van der Waals surface area contributed by atoms with Crippen molar-refractivity contribution in [2.45, 2.75) is 38.5 Å². The van der Waals surface area contributed by atoms with Crippen LogP contribution in [0.3, 0.4) is 0 Å². The molecule has 4 rings (SSSR count). The van der Waals surface area contributed by atoms with Gasteiger partial charge in [0, 0.05) is 52.0 Å². The molecule has 0 radical (unpaired) electrons. The monoisotopic (exact) mass is 447 g/mol. The first kappa shape index (κ1) is 22.9. The molecule has 0 aliphatic carbocycles. The highest BCUT2D eigenvalue weighted by Gasteiger charge is 2.23. The number of hydrogen-bond acceptors (Lipinski definition) is 6. The van der Waals surface area contributed by atoms with Crippen LogP contribution in [-0.2, 0) is 11.3 Å². The summed E-state index contributed by atoms with van der Waals surface area (Å²) in [5.41, 5.74) is 2.90. The molecule has 0 spiro atoms. The van der Waals surface area contributed by atoms with Crippen LogP contribution in [0.25, 0.3) is 0 Å². The zero-order valence-electron chi connectivity index (χ0n) is 19.5. The Morgan fingerprint density at radius 1 is 1.24 bits per heavy atom. The molecule has 0 bridgehead atoms. The molecule has 2 atom stereocenters. The van der Waals surface area contributed by atoms with Gasteiger partial charge in [-0.25, -0.2) is 4.98 Å². The van der Waals surface area contributed by atoms with Gasteiger partial charge < -0.3 is 25.2 Å². The standard InChI is InChI=1S/C25H33N7O/c1-19-17-32(12-13-33-19)24-14-20(9-10-28-24)16-29-25(27-2)30-22-7-5-11-31(18-22)23-8-4-3-6-21(23)15-26/h3-4,6,8-10,14,19,22H,5,7,11-13,16-18H2,1-2H3,(H2,27,29,30). The van der Waals surface area contributed by atoms with Crippen LogP contribution >= 0.6 is 0 Å². The van der Waals surface area contributed by atoms with E-state index in [1.54, 1.807) is 7.05 Å². The molecular formula is C25H33N7O. The van der Waals surface area contributed by atoms with E-state index in [4.69, 9.17) is 4.74 Å². The Kier molecular flexibility index (Phi) is 7.63. The summed E-state index contributed by atoms with van der Waals surface area (Å²) in [4.78, 5) is 13.6. The lowest BCUT2D eigenvalue weighted by molar-refractivity contribution is 0.0529. The molecule has 2 aliphatic rings. The van der Waals surface area contributed by atoms with Crippen molar-refractivity contribution in [2.24, 2.45) is 4.99 Å². The van der Waals surface area contributed by atoms with Gasteiger partial charge in [-0.3, -0.25) is 4.99 Å². The Morgan fingerprint density at radius 3 is 2.94 bits per heavy atom. The predicted octanol–water partition coefficient (Wildman–Crippen LogP) is 2.51. The molecule has 2 aromatic rings. The van der Waals surface area contributed by atoms with Crippen molar-refractivity contribution in [2.75, 3.05) is 49.6 Å². The highest BCUT2D eigenvalue weighted by Crippen LogP contribution is 2.23. The van der Waals surface area contributed by atoms with Gasteiger partial charge in [0.15, 0.2) is 5.96 Å². The van der Waals surface area contributed by atoms with Crippen LogP contribution in [0.5, 0.6) is 0 Å². The third-order valence-electron chi connectivity index (χ3n) is 6.19. The largest absolute Gasteiger partial charge is 0.375 e. The summed E-state index contributed by atoms with van der Waals surface area (Å²) in [5, 5.41) is 16.5. The van der Waals surface area contributed by atoms with Crippen LogP contribution in [0.15, 0.2) is 47.6 Å². The van der Waals surface area contributed by atoms with Crippen LogP contribution in [0.1, 0.15) is 30.9 Å². The molecule has 2 aliphatic heterocycles. The van der Waals surface area contributed by atoms with Crippen molar-refractivity contribution < 1.29 is 4.74 Å². The third kappa shape index (κ3) is 5.93. The fourth-order valence-electron chi connectivity index (χ4n) is 4.50. The Balaban J connectivity index is 1.33. The first-order chi connectivity index (χ1) is 16.2. The quantitative estimate of drug-likeness (QED) is 0.538. The number of aromatic nitrogens is 1. The number of guanidine groups is 1. The number of pyridine rings is 1.